The maximum atomic E-state index is 12.5. The highest BCUT2D eigenvalue weighted by molar-refractivity contribution is 5.84. The molecule has 22 heavy (non-hydrogen) atoms. The molecule has 1 N–H and O–H groups in total. The second-order valence-corrected chi connectivity index (χ2v) is 6.03. The van der Waals surface area contributed by atoms with Crippen molar-refractivity contribution in [2.45, 2.75) is 37.4 Å². The third-order valence-electron chi connectivity index (χ3n) is 4.50. The SMILES string of the molecule is O=C1[C@H](N2CCC[C@H](c3ccn[nH]3)C2)CCN1CC(F)(F)F. The first-order valence-electron chi connectivity index (χ1n) is 7.53. The summed E-state index contributed by atoms with van der Waals surface area (Å²) in [7, 11) is 0. The summed E-state index contributed by atoms with van der Waals surface area (Å²) in [6.07, 6.45) is -0.214. The molecule has 8 heteroatoms. The van der Waals surface area contributed by atoms with Crippen LogP contribution in [0.1, 0.15) is 30.9 Å². The van der Waals surface area contributed by atoms with Crippen LogP contribution in [0.2, 0.25) is 0 Å². The minimum absolute atomic E-state index is 0.189. The predicted molar refractivity (Wildman–Crippen MR) is 73.2 cm³/mol. The molecule has 2 aliphatic heterocycles. The van der Waals surface area contributed by atoms with Crippen molar-refractivity contribution >= 4 is 5.91 Å². The van der Waals surface area contributed by atoms with Crippen LogP contribution in [0.5, 0.6) is 0 Å². The summed E-state index contributed by atoms with van der Waals surface area (Å²) in [5.41, 5.74) is 1.03. The highest BCUT2D eigenvalue weighted by Crippen LogP contribution is 2.30. The first-order valence-corrected chi connectivity index (χ1v) is 7.53. The molecule has 0 bridgehead atoms. The fraction of sp³-hybridized carbons (Fsp3) is 0.714. The van der Waals surface area contributed by atoms with Gasteiger partial charge in [-0.3, -0.25) is 14.8 Å². The largest absolute Gasteiger partial charge is 0.406 e. The highest BCUT2D eigenvalue weighted by Gasteiger charge is 2.42. The number of hydrogen-bond donors (Lipinski definition) is 1. The van der Waals surface area contributed by atoms with Gasteiger partial charge >= 0.3 is 6.18 Å². The van der Waals surface area contributed by atoms with Gasteiger partial charge < -0.3 is 4.90 Å². The molecule has 0 radical (unpaired) electrons. The summed E-state index contributed by atoms with van der Waals surface area (Å²) in [6, 6.07) is 1.51. The lowest BCUT2D eigenvalue weighted by Gasteiger charge is -2.35. The van der Waals surface area contributed by atoms with Crippen molar-refractivity contribution < 1.29 is 18.0 Å². The van der Waals surface area contributed by atoms with E-state index in [1.165, 1.54) is 0 Å². The number of aromatic amines is 1. The summed E-state index contributed by atoms with van der Waals surface area (Å²) < 4.78 is 37.4. The molecule has 0 unspecified atom stereocenters. The maximum Gasteiger partial charge on any atom is 0.406 e. The van der Waals surface area contributed by atoms with Gasteiger partial charge in [-0.05, 0) is 31.9 Å². The third kappa shape index (κ3) is 3.26. The van der Waals surface area contributed by atoms with E-state index in [0.29, 0.717) is 13.0 Å². The van der Waals surface area contributed by atoms with Crippen LogP contribution in [0.3, 0.4) is 0 Å². The van der Waals surface area contributed by atoms with Crippen LogP contribution in [0.25, 0.3) is 0 Å². The lowest BCUT2D eigenvalue weighted by Crippen LogP contribution is -2.47. The Morgan fingerprint density at radius 3 is 2.82 bits per heavy atom. The molecule has 3 rings (SSSR count). The Kier molecular flexibility index (Phi) is 4.12. The van der Waals surface area contributed by atoms with E-state index < -0.39 is 18.8 Å². The quantitative estimate of drug-likeness (QED) is 0.924. The number of alkyl halides is 3. The lowest BCUT2D eigenvalue weighted by molar-refractivity contribution is -0.159. The van der Waals surface area contributed by atoms with Gasteiger partial charge in [0.25, 0.3) is 0 Å². The van der Waals surface area contributed by atoms with E-state index in [2.05, 4.69) is 10.2 Å². The van der Waals surface area contributed by atoms with Crippen molar-refractivity contribution in [1.29, 1.82) is 0 Å². The number of H-pyrrole nitrogens is 1. The molecule has 0 aromatic carbocycles. The van der Waals surface area contributed by atoms with E-state index >= 15 is 0 Å². The number of piperidine rings is 1. The molecule has 2 saturated heterocycles. The second kappa shape index (κ2) is 5.91. The number of aromatic nitrogens is 2. The Labute approximate surface area is 126 Å². The Balaban J connectivity index is 1.63. The van der Waals surface area contributed by atoms with E-state index in [4.69, 9.17) is 0 Å². The van der Waals surface area contributed by atoms with Crippen molar-refractivity contribution in [2.75, 3.05) is 26.2 Å². The van der Waals surface area contributed by atoms with Gasteiger partial charge in [0, 0.05) is 30.9 Å². The smallest absolute Gasteiger partial charge is 0.332 e. The summed E-state index contributed by atoms with van der Waals surface area (Å²) in [4.78, 5) is 15.2. The fourth-order valence-electron chi connectivity index (χ4n) is 3.47. The Bertz CT molecular complexity index is 517. The number of halogens is 3. The maximum absolute atomic E-state index is 12.5. The molecule has 1 aromatic heterocycles. The van der Waals surface area contributed by atoms with Crippen LogP contribution in [0, 0.1) is 0 Å². The van der Waals surface area contributed by atoms with E-state index in [1.807, 2.05) is 11.0 Å². The summed E-state index contributed by atoms with van der Waals surface area (Å²) in [6.45, 7) is 0.508. The molecule has 0 saturated carbocycles. The number of amides is 1. The molecule has 2 fully saturated rings. The van der Waals surface area contributed by atoms with Crippen LogP contribution in [-0.4, -0.2) is 64.3 Å². The summed E-state index contributed by atoms with van der Waals surface area (Å²) >= 11 is 0. The minimum atomic E-state index is -4.33. The zero-order valence-electron chi connectivity index (χ0n) is 12.1. The number of carbonyl (C=O) groups is 1. The molecule has 122 valence electrons. The number of hydrogen-bond acceptors (Lipinski definition) is 3. The Morgan fingerprint density at radius 2 is 2.14 bits per heavy atom. The van der Waals surface area contributed by atoms with Crippen molar-refractivity contribution in [3.8, 4) is 0 Å². The van der Waals surface area contributed by atoms with E-state index in [9.17, 15) is 18.0 Å². The minimum Gasteiger partial charge on any atom is -0.332 e. The van der Waals surface area contributed by atoms with Crippen LogP contribution in [0.4, 0.5) is 13.2 Å². The average molecular weight is 316 g/mol. The van der Waals surface area contributed by atoms with Gasteiger partial charge in [0.05, 0.1) is 6.04 Å². The number of nitrogens with zero attached hydrogens (tertiary/aromatic N) is 3. The monoisotopic (exact) mass is 316 g/mol. The number of carbonyl (C=O) groups excluding carboxylic acids is 1. The van der Waals surface area contributed by atoms with E-state index in [-0.39, 0.29) is 18.4 Å². The zero-order chi connectivity index (χ0) is 15.7. The predicted octanol–water partition coefficient (Wildman–Crippen LogP) is 1.75. The van der Waals surface area contributed by atoms with Gasteiger partial charge in [-0.15, -0.1) is 0 Å². The third-order valence-corrected chi connectivity index (χ3v) is 4.50. The Morgan fingerprint density at radius 1 is 1.32 bits per heavy atom. The van der Waals surface area contributed by atoms with Crippen LogP contribution >= 0.6 is 0 Å². The lowest BCUT2D eigenvalue weighted by atomic mass is 9.93. The van der Waals surface area contributed by atoms with E-state index in [0.717, 1.165) is 30.0 Å². The molecule has 2 atom stereocenters. The second-order valence-electron chi connectivity index (χ2n) is 6.03. The van der Waals surface area contributed by atoms with Gasteiger partial charge in [0.15, 0.2) is 0 Å². The molecule has 0 aliphatic carbocycles. The van der Waals surface area contributed by atoms with Gasteiger partial charge in [-0.1, -0.05) is 0 Å². The summed E-state index contributed by atoms with van der Waals surface area (Å²) in [5.74, 6) is -0.122. The van der Waals surface area contributed by atoms with Crippen LogP contribution < -0.4 is 0 Å². The van der Waals surface area contributed by atoms with Gasteiger partial charge in [-0.25, -0.2) is 0 Å². The number of rotatable bonds is 3. The molecular weight excluding hydrogens is 297 g/mol. The highest BCUT2D eigenvalue weighted by atomic mass is 19.4. The fourth-order valence-corrected chi connectivity index (χ4v) is 3.47. The molecule has 1 aromatic rings. The number of likely N-dealkylation sites (tertiary alicyclic amines) is 2. The van der Waals surface area contributed by atoms with Crippen molar-refractivity contribution in [3.05, 3.63) is 18.0 Å². The van der Waals surface area contributed by atoms with Crippen molar-refractivity contribution in [1.82, 2.24) is 20.0 Å². The molecule has 0 spiro atoms. The molecule has 2 aliphatic rings. The van der Waals surface area contributed by atoms with E-state index in [1.54, 1.807) is 6.20 Å². The van der Waals surface area contributed by atoms with Crippen molar-refractivity contribution in [2.24, 2.45) is 0 Å². The molecular formula is C14H19F3N4O. The zero-order valence-corrected chi connectivity index (χ0v) is 12.1. The van der Waals surface area contributed by atoms with Gasteiger partial charge in [0.2, 0.25) is 5.91 Å². The first kappa shape index (κ1) is 15.3. The molecule has 1 amide bonds. The van der Waals surface area contributed by atoms with Gasteiger partial charge in [-0.2, -0.15) is 18.3 Å². The number of nitrogens with one attached hydrogen (secondary N) is 1. The van der Waals surface area contributed by atoms with Crippen molar-refractivity contribution in [3.63, 3.8) is 0 Å². The topological polar surface area (TPSA) is 52.2 Å². The standard InChI is InChI=1S/C14H19F3N4O/c15-14(16,17)9-21-7-4-12(13(21)22)20-6-1-2-10(8-20)11-3-5-18-19-11/h3,5,10,12H,1-2,4,6-9H2,(H,18,19)/t10-,12+/m0/s1. The summed E-state index contributed by atoms with van der Waals surface area (Å²) in [5, 5.41) is 6.89. The Hall–Kier alpha value is -1.57. The first-order chi connectivity index (χ1) is 10.4. The molecule has 3 heterocycles. The van der Waals surface area contributed by atoms with Crippen LogP contribution in [0.15, 0.2) is 12.3 Å². The van der Waals surface area contributed by atoms with Gasteiger partial charge in [0.1, 0.15) is 6.54 Å². The average Bonchev–Trinajstić information content (AvgIpc) is 3.09. The van der Waals surface area contributed by atoms with Crippen LogP contribution in [-0.2, 0) is 4.79 Å². The normalized spacial score (nSPS) is 27.6. The molecule has 5 nitrogen and oxygen atoms in total.